The van der Waals surface area contributed by atoms with Gasteiger partial charge in [-0.15, -0.1) is 0 Å². The van der Waals surface area contributed by atoms with Gasteiger partial charge in [0.2, 0.25) is 5.91 Å². The van der Waals surface area contributed by atoms with E-state index in [4.69, 9.17) is 4.74 Å². The van der Waals surface area contributed by atoms with E-state index in [1.807, 2.05) is 0 Å². The molecule has 0 bridgehead atoms. The summed E-state index contributed by atoms with van der Waals surface area (Å²) in [7, 11) is 1.71. The van der Waals surface area contributed by atoms with E-state index in [0.717, 1.165) is 25.0 Å². The molecule has 5 nitrogen and oxygen atoms in total. The zero-order valence-corrected chi connectivity index (χ0v) is 18.9. The Balaban J connectivity index is 1.42. The molecular formula is C26H35NO4. The van der Waals surface area contributed by atoms with Crippen molar-refractivity contribution in [1.82, 2.24) is 5.32 Å². The summed E-state index contributed by atoms with van der Waals surface area (Å²) in [6, 6.07) is 8.78. The van der Waals surface area contributed by atoms with E-state index in [2.05, 4.69) is 43.4 Å². The lowest BCUT2D eigenvalue weighted by Gasteiger charge is -2.60. The average Bonchev–Trinajstić information content (AvgIpc) is 3.11. The van der Waals surface area contributed by atoms with Crippen LogP contribution in [0, 0.1) is 34.5 Å². The molecule has 2 N–H and O–H groups in total. The van der Waals surface area contributed by atoms with Gasteiger partial charge in [-0.2, -0.15) is 0 Å². The Hall–Kier alpha value is -2.04. The van der Waals surface area contributed by atoms with Gasteiger partial charge in [0.1, 0.15) is 11.7 Å². The van der Waals surface area contributed by atoms with Gasteiger partial charge in [0.25, 0.3) is 0 Å². The lowest BCUT2D eigenvalue weighted by atomic mass is 9.46. The van der Waals surface area contributed by atoms with Crippen LogP contribution in [-0.4, -0.2) is 30.1 Å². The van der Waals surface area contributed by atoms with E-state index in [0.29, 0.717) is 35.5 Å². The first kappa shape index (κ1) is 20.8. The number of benzene rings is 1. The highest BCUT2D eigenvalue weighted by atomic mass is 16.5. The number of fused-ring (bicyclic) bond motifs is 5. The van der Waals surface area contributed by atoms with E-state index in [1.54, 1.807) is 7.11 Å². The first-order valence-corrected chi connectivity index (χ1v) is 11.9. The lowest BCUT2D eigenvalue weighted by Crippen LogP contribution is -2.63. The van der Waals surface area contributed by atoms with Crippen molar-refractivity contribution in [2.24, 2.45) is 34.5 Å². The van der Waals surface area contributed by atoms with Gasteiger partial charge in [0.15, 0.2) is 0 Å². The van der Waals surface area contributed by atoms with Crippen molar-refractivity contribution in [2.45, 2.75) is 70.8 Å². The number of carbonyl (C=O) groups excluding carboxylic acids is 1. The minimum absolute atomic E-state index is 0.112. The Bertz CT molecular complexity index is 882. The second-order valence-electron chi connectivity index (χ2n) is 11.1. The second kappa shape index (κ2) is 7.25. The molecule has 3 unspecified atom stereocenters. The van der Waals surface area contributed by atoms with Crippen LogP contribution >= 0.6 is 0 Å². The van der Waals surface area contributed by atoms with Crippen molar-refractivity contribution in [2.75, 3.05) is 7.11 Å². The maximum absolute atomic E-state index is 12.4. The molecule has 5 rings (SSSR count). The molecule has 3 aliphatic carbocycles. The quantitative estimate of drug-likeness (QED) is 0.694. The topological polar surface area (TPSA) is 75.6 Å². The molecule has 1 aromatic carbocycles. The van der Waals surface area contributed by atoms with Crippen LogP contribution in [0.4, 0.5) is 0 Å². The number of rotatable bonds is 3. The molecule has 4 aliphatic rings. The summed E-state index contributed by atoms with van der Waals surface area (Å²) < 4.78 is 5.36. The van der Waals surface area contributed by atoms with Crippen molar-refractivity contribution in [3.8, 4) is 5.75 Å². The Morgan fingerprint density at radius 1 is 1.03 bits per heavy atom. The molecule has 0 spiro atoms. The van der Waals surface area contributed by atoms with Gasteiger partial charge in [-0.25, -0.2) is 0 Å². The first-order valence-electron chi connectivity index (χ1n) is 11.9. The monoisotopic (exact) mass is 425 g/mol. The van der Waals surface area contributed by atoms with Crippen molar-refractivity contribution >= 4 is 11.9 Å². The van der Waals surface area contributed by atoms with Gasteiger partial charge in [0.05, 0.1) is 7.11 Å². The molecule has 31 heavy (non-hydrogen) atoms. The summed E-state index contributed by atoms with van der Waals surface area (Å²) >= 11 is 0. The Morgan fingerprint density at radius 2 is 1.74 bits per heavy atom. The number of nitrogens with one attached hydrogen (secondary N) is 1. The minimum Gasteiger partial charge on any atom is -0.497 e. The molecule has 1 aromatic rings. The van der Waals surface area contributed by atoms with Crippen LogP contribution in [-0.2, 0) is 9.59 Å². The molecule has 0 radical (unpaired) electrons. The molecule has 168 valence electrons. The van der Waals surface area contributed by atoms with Crippen LogP contribution in [0.2, 0.25) is 0 Å². The SMILES string of the molecule is COc1ccc(C2CC[C@H]3[C@@H]4CCC5NC(=O)C(C(=O)O)C[C@]5(C)[C@@H]4CC[C@]23C)cc1. The molecule has 1 aliphatic heterocycles. The Morgan fingerprint density at radius 3 is 2.42 bits per heavy atom. The van der Waals surface area contributed by atoms with Crippen LogP contribution in [0.1, 0.15) is 70.3 Å². The number of carboxylic acids is 1. The summed E-state index contributed by atoms with van der Waals surface area (Å²) in [5, 5.41) is 12.7. The average molecular weight is 426 g/mol. The van der Waals surface area contributed by atoms with Crippen LogP contribution in [0.25, 0.3) is 0 Å². The summed E-state index contributed by atoms with van der Waals surface area (Å²) in [6.45, 7) is 4.77. The summed E-state index contributed by atoms with van der Waals surface area (Å²) in [6.07, 6.45) is 7.43. The number of carbonyl (C=O) groups is 2. The number of aliphatic carboxylic acids is 1. The second-order valence-corrected chi connectivity index (χ2v) is 11.1. The zero-order chi connectivity index (χ0) is 22.0. The van der Waals surface area contributed by atoms with Crippen LogP contribution in [0.3, 0.4) is 0 Å². The molecule has 1 amide bonds. The third-order valence-electron chi connectivity index (χ3n) is 9.96. The zero-order valence-electron chi connectivity index (χ0n) is 18.9. The van der Waals surface area contributed by atoms with Crippen molar-refractivity contribution in [3.05, 3.63) is 29.8 Å². The van der Waals surface area contributed by atoms with Gasteiger partial charge < -0.3 is 15.2 Å². The molecule has 0 aromatic heterocycles. The van der Waals surface area contributed by atoms with Crippen LogP contribution in [0.15, 0.2) is 24.3 Å². The third kappa shape index (κ3) is 3.02. The van der Waals surface area contributed by atoms with Gasteiger partial charge in [-0.1, -0.05) is 26.0 Å². The number of hydrogen-bond donors (Lipinski definition) is 2. The van der Waals surface area contributed by atoms with Crippen molar-refractivity contribution in [1.29, 1.82) is 0 Å². The fraction of sp³-hybridized carbons (Fsp3) is 0.692. The maximum Gasteiger partial charge on any atom is 0.316 e. The smallest absolute Gasteiger partial charge is 0.316 e. The molecular weight excluding hydrogens is 390 g/mol. The Labute approximate surface area is 184 Å². The van der Waals surface area contributed by atoms with Crippen LogP contribution < -0.4 is 10.1 Å². The standard InChI is InChI=1S/C26H35NO4/c1-25-13-12-21-17(8-11-22-26(21,2)14-18(24(29)30)23(28)27-22)20(25)10-9-19(25)15-4-6-16(31-3)7-5-15/h4-7,17-22H,8-14H2,1-3H3,(H,27,28)(H,29,30)/t17-,18?,19?,20-,21+,22?,25+,26+/m0/s1. The molecule has 8 atom stereocenters. The molecule has 4 fully saturated rings. The number of carboxylic acid groups (broad SMARTS) is 1. The van der Waals surface area contributed by atoms with Gasteiger partial charge in [0, 0.05) is 6.04 Å². The normalized spacial score (nSPS) is 43.9. The molecule has 3 saturated carbocycles. The van der Waals surface area contributed by atoms with Crippen molar-refractivity contribution < 1.29 is 19.4 Å². The van der Waals surface area contributed by atoms with Gasteiger partial charge >= 0.3 is 5.97 Å². The Kier molecular flexibility index (Phi) is 4.87. The highest BCUT2D eigenvalue weighted by Gasteiger charge is 2.61. The number of hydrogen-bond acceptors (Lipinski definition) is 3. The van der Waals surface area contributed by atoms with Gasteiger partial charge in [-0.3, -0.25) is 9.59 Å². The minimum atomic E-state index is -0.972. The van der Waals surface area contributed by atoms with E-state index in [-0.39, 0.29) is 17.4 Å². The fourth-order valence-electron chi connectivity index (χ4n) is 8.37. The molecule has 1 heterocycles. The highest BCUT2D eigenvalue weighted by Crippen LogP contribution is 2.67. The summed E-state index contributed by atoms with van der Waals surface area (Å²) in [5.41, 5.74) is 1.61. The first-order chi connectivity index (χ1) is 14.8. The molecule has 5 heteroatoms. The fourth-order valence-corrected chi connectivity index (χ4v) is 8.37. The van der Waals surface area contributed by atoms with Gasteiger partial charge in [-0.05, 0) is 97.1 Å². The largest absolute Gasteiger partial charge is 0.497 e. The third-order valence-corrected chi connectivity index (χ3v) is 9.96. The number of ether oxygens (including phenoxy) is 1. The molecule has 1 saturated heterocycles. The number of methoxy groups -OCH3 is 1. The van der Waals surface area contributed by atoms with E-state index in [9.17, 15) is 14.7 Å². The van der Waals surface area contributed by atoms with Crippen LogP contribution in [0.5, 0.6) is 5.75 Å². The summed E-state index contributed by atoms with van der Waals surface area (Å²) in [4.78, 5) is 24.1. The summed E-state index contributed by atoms with van der Waals surface area (Å²) in [5.74, 6) is 1.14. The van der Waals surface area contributed by atoms with E-state index in [1.165, 1.54) is 24.8 Å². The predicted molar refractivity (Wildman–Crippen MR) is 118 cm³/mol. The van der Waals surface area contributed by atoms with E-state index < -0.39 is 11.9 Å². The maximum atomic E-state index is 12.4. The lowest BCUT2D eigenvalue weighted by molar-refractivity contribution is -0.159. The van der Waals surface area contributed by atoms with E-state index >= 15 is 0 Å². The van der Waals surface area contributed by atoms with Crippen molar-refractivity contribution in [3.63, 3.8) is 0 Å². The predicted octanol–water partition coefficient (Wildman–Crippen LogP) is 4.61. The highest BCUT2D eigenvalue weighted by molar-refractivity contribution is 5.97. The number of piperidine rings is 1. The number of amides is 1.